The Morgan fingerprint density at radius 2 is 2.13 bits per heavy atom. The molecule has 1 amide bonds. The predicted octanol–water partition coefficient (Wildman–Crippen LogP) is 1.82. The summed E-state index contributed by atoms with van der Waals surface area (Å²) in [6.45, 7) is 3.42. The molecule has 0 atom stereocenters. The number of rotatable bonds is 6. The van der Waals surface area contributed by atoms with Crippen molar-refractivity contribution in [2.75, 3.05) is 39.3 Å². The highest BCUT2D eigenvalue weighted by Gasteiger charge is 2.20. The summed E-state index contributed by atoms with van der Waals surface area (Å²) in [6, 6.07) is 1.35. The van der Waals surface area contributed by atoms with Crippen LogP contribution in [0, 0.1) is 10.1 Å². The van der Waals surface area contributed by atoms with E-state index in [1.807, 2.05) is 0 Å². The molecule has 1 aromatic rings. The molecule has 126 valence electrons. The number of hydrogen-bond acceptors (Lipinski definition) is 6. The van der Waals surface area contributed by atoms with Gasteiger partial charge >= 0.3 is 11.8 Å². The van der Waals surface area contributed by atoms with Crippen molar-refractivity contribution in [1.82, 2.24) is 14.8 Å². The van der Waals surface area contributed by atoms with Crippen molar-refractivity contribution in [3.05, 3.63) is 26.9 Å². The van der Waals surface area contributed by atoms with Crippen LogP contribution in [-0.4, -0.2) is 70.2 Å². The van der Waals surface area contributed by atoms with Gasteiger partial charge in [0.1, 0.15) is 0 Å². The Kier molecular flexibility index (Phi) is 6.11. The fourth-order valence-electron chi connectivity index (χ4n) is 2.28. The summed E-state index contributed by atoms with van der Waals surface area (Å²) in [5.41, 5.74) is -0.172. The van der Waals surface area contributed by atoms with Gasteiger partial charge < -0.3 is 14.7 Å². The number of piperazine rings is 1. The van der Waals surface area contributed by atoms with Gasteiger partial charge in [-0.25, -0.2) is 9.78 Å². The van der Waals surface area contributed by atoms with Gasteiger partial charge in [0.2, 0.25) is 0 Å². The van der Waals surface area contributed by atoms with Crippen LogP contribution in [0.15, 0.2) is 16.7 Å². The van der Waals surface area contributed by atoms with Crippen LogP contribution < -0.4 is 4.74 Å². The normalized spacial score (nSPS) is 15.4. The molecule has 0 unspecified atom stereocenters. The average molecular weight is 389 g/mol. The summed E-state index contributed by atoms with van der Waals surface area (Å²) in [5.74, 6) is 0.00824. The molecule has 0 bridgehead atoms. The van der Waals surface area contributed by atoms with E-state index in [2.05, 4.69) is 25.8 Å². The van der Waals surface area contributed by atoms with E-state index in [4.69, 9.17) is 9.84 Å². The fraction of sp³-hybridized carbons (Fsp3) is 0.538. The van der Waals surface area contributed by atoms with E-state index in [0.29, 0.717) is 43.7 Å². The number of amides is 1. The number of hydrogen-bond donors (Lipinski definition) is 1. The van der Waals surface area contributed by atoms with E-state index >= 15 is 0 Å². The third-order valence-corrected chi connectivity index (χ3v) is 3.93. The Balaban J connectivity index is 1.74. The van der Waals surface area contributed by atoms with Gasteiger partial charge in [0.25, 0.3) is 5.88 Å². The van der Waals surface area contributed by atoms with Crippen LogP contribution in [0.4, 0.5) is 10.5 Å². The zero-order valence-electron chi connectivity index (χ0n) is 12.4. The summed E-state index contributed by atoms with van der Waals surface area (Å²) < 4.78 is 5.92. The van der Waals surface area contributed by atoms with Crippen molar-refractivity contribution < 1.29 is 19.6 Å². The molecule has 23 heavy (non-hydrogen) atoms. The summed E-state index contributed by atoms with van der Waals surface area (Å²) in [5, 5.41) is 19.8. The zero-order chi connectivity index (χ0) is 16.8. The van der Waals surface area contributed by atoms with Gasteiger partial charge in [0.05, 0.1) is 11.5 Å². The number of nitro groups is 1. The lowest BCUT2D eigenvalue weighted by atomic mass is 10.3. The Hall–Kier alpha value is -1.94. The minimum Gasteiger partial charge on any atom is -0.473 e. The molecule has 9 nitrogen and oxygen atoms in total. The van der Waals surface area contributed by atoms with Gasteiger partial charge in [0, 0.05) is 49.5 Å². The number of carbonyl (C=O) groups is 1. The number of nitrogens with zero attached hydrogens (tertiary/aromatic N) is 4. The molecule has 1 aliphatic heterocycles. The maximum atomic E-state index is 10.9. The monoisotopic (exact) mass is 388 g/mol. The van der Waals surface area contributed by atoms with Crippen molar-refractivity contribution in [2.24, 2.45) is 0 Å². The minimum absolute atomic E-state index is 0.00824. The highest BCUT2D eigenvalue weighted by molar-refractivity contribution is 9.10. The van der Waals surface area contributed by atoms with E-state index in [-0.39, 0.29) is 11.6 Å². The second kappa shape index (κ2) is 8.06. The fourth-order valence-corrected chi connectivity index (χ4v) is 2.60. The van der Waals surface area contributed by atoms with Gasteiger partial charge in [-0.3, -0.25) is 15.0 Å². The van der Waals surface area contributed by atoms with E-state index in [0.717, 1.165) is 6.54 Å². The first-order chi connectivity index (χ1) is 11.0. The van der Waals surface area contributed by atoms with Crippen LogP contribution in [0.2, 0.25) is 0 Å². The molecule has 1 fully saturated rings. The second-order valence-corrected chi connectivity index (χ2v) is 5.96. The van der Waals surface area contributed by atoms with E-state index in [9.17, 15) is 14.9 Å². The lowest BCUT2D eigenvalue weighted by Gasteiger charge is -2.32. The Morgan fingerprint density at radius 1 is 1.43 bits per heavy atom. The second-order valence-electron chi connectivity index (χ2n) is 5.05. The number of carboxylic acid groups (broad SMARTS) is 1. The van der Waals surface area contributed by atoms with Crippen LogP contribution in [0.1, 0.15) is 6.42 Å². The summed E-state index contributed by atoms with van der Waals surface area (Å²) in [7, 11) is 0. The van der Waals surface area contributed by atoms with Gasteiger partial charge in [-0.1, -0.05) is 0 Å². The molecule has 0 saturated carbocycles. The molecule has 0 aromatic carbocycles. The lowest BCUT2D eigenvalue weighted by molar-refractivity contribution is -0.386. The zero-order valence-corrected chi connectivity index (χ0v) is 13.9. The molecule has 1 saturated heterocycles. The van der Waals surface area contributed by atoms with E-state index in [1.165, 1.54) is 17.2 Å². The highest BCUT2D eigenvalue weighted by Crippen LogP contribution is 2.27. The smallest absolute Gasteiger partial charge is 0.407 e. The maximum absolute atomic E-state index is 10.9. The molecule has 2 heterocycles. The van der Waals surface area contributed by atoms with Crippen molar-refractivity contribution in [3.8, 4) is 5.88 Å². The maximum Gasteiger partial charge on any atom is 0.407 e. The predicted molar refractivity (Wildman–Crippen MR) is 84.7 cm³/mol. The van der Waals surface area contributed by atoms with E-state index < -0.39 is 11.0 Å². The summed E-state index contributed by atoms with van der Waals surface area (Å²) in [4.78, 5) is 28.7. The van der Waals surface area contributed by atoms with Gasteiger partial charge in [-0.05, 0) is 22.4 Å². The summed E-state index contributed by atoms with van der Waals surface area (Å²) >= 11 is 3.14. The number of aromatic nitrogens is 1. The largest absolute Gasteiger partial charge is 0.473 e. The minimum atomic E-state index is -0.887. The van der Waals surface area contributed by atoms with Crippen LogP contribution >= 0.6 is 15.9 Å². The van der Waals surface area contributed by atoms with Crippen LogP contribution in [0.5, 0.6) is 5.88 Å². The molecular formula is C13H17BrN4O5. The molecule has 10 heteroatoms. The number of halogens is 1. The average Bonchev–Trinajstić information content (AvgIpc) is 2.53. The number of ether oxygens (including phenoxy) is 1. The van der Waals surface area contributed by atoms with Gasteiger partial charge in [-0.15, -0.1) is 0 Å². The molecule has 0 radical (unpaired) electrons. The van der Waals surface area contributed by atoms with Crippen molar-refractivity contribution in [1.29, 1.82) is 0 Å². The van der Waals surface area contributed by atoms with Crippen molar-refractivity contribution in [3.63, 3.8) is 0 Å². The first-order valence-corrected chi connectivity index (χ1v) is 7.89. The number of pyridine rings is 1. The van der Waals surface area contributed by atoms with Gasteiger partial charge in [-0.2, -0.15) is 0 Å². The van der Waals surface area contributed by atoms with Crippen LogP contribution in [0.25, 0.3) is 0 Å². The molecule has 1 aliphatic rings. The van der Waals surface area contributed by atoms with E-state index in [1.54, 1.807) is 0 Å². The van der Waals surface area contributed by atoms with Gasteiger partial charge in [0.15, 0.2) is 0 Å². The molecule has 2 rings (SSSR count). The standard InChI is InChI=1S/C13H17BrN4O5/c14-10-8-11(18(21)22)12(15-9-10)23-7-1-2-16-3-5-17(6-4-16)13(19)20/h8-9H,1-7H2,(H,19,20). The summed E-state index contributed by atoms with van der Waals surface area (Å²) in [6.07, 6.45) is 1.25. The SMILES string of the molecule is O=C(O)N1CCN(CCCOc2ncc(Br)cc2[N+](=O)[O-])CC1. The highest BCUT2D eigenvalue weighted by atomic mass is 79.9. The Labute approximate surface area is 141 Å². The third kappa shape index (κ3) is 5.03. The molecular weight excluding hydrogens is 372 g/mol. The third-order valence-electron chi connectivity index (χ3n) is 3.50. The first kappa shape index (κ1) is 17.4. The molecule has 0 spiro atoms. The molecule has 1 aromatic heterocycles. The molecule has 1 N–H and O–H groups in total. The molecule has 0 aliphatic carbocycles. The van der Waals surface area contributed by atoms with Crippen LogP contribution in [0.3, 0.4) is 0 Å². The topological polar surface area (TPSA) is 109 Å². The Morgan fingerprint density at radius 3 is 2.74 bits per heavy atom. The Bertz CT molecular complexity index is 577. The quantitative estimate of drug-likeness (QED) is 0.449. The first-order valence-electron chi connectivity index (χ1n) is 7.10. The van der Waals surface area contributed by atoms with Crippen molar-refractivity contribution >= 4 is 27.7 Å². The van der Waals surface area contributed by atoms with Crippen LogP contribution in [-0.2, 0) is 0 Å². The van der Waals surface area contributed by atoms with Crippen molar-refractivity contribution in [2.45, 2.75) is 6.42 Å². The lowest BCUT2D eigenvalue weighted by Crippen LogP contribution is -2.48.